The lowest BCUT2D eigenvalue weighted by atomic mass is 10.1. The lowest BCUT2D eigenvalue weighted by Crippen LogP contribution is -2.44. The molecule has 3 rings (SSSR count). The number of piperidine rings is 1. The lowest BCUT2D eigenvalue weighted by molar-refractivity contribution is -0.141. The van der Waals surface area contributed by atoms with E-state index in [-0.39, 0.29) is 18.5 Å². The van der Waals surface area contributed by atoms with E-state index < -0.39 is 18.0 Å². The average molecular weight is 376 g/mol. The number of nitriles is 1. The highest BCUT2D eigenvalue weighted by atomic mass is 19.4. The quantitative estimate of drug-likeness (QED) is 0.823. The van der Waals surface area contributed by atoms with Gasteiger partial charge < -0.3 is 9.64 Å². The van der Waals surface area contributed by atoms with Crippen LogP contribution in [-0.2, 0) is 6.18 Å². The predicted molar refractivity (Wildman–Crippen MR) is 87.7 cm³/mol. The van der Waals surface area contributed by atoms with E-state index in [0.717, 1.165) is 12.3 Å². The van der Waals surface area contributed by atoms with Gasteiger partial charge in [-0.05, 0) is 43.2 Å². The zero-order valence-electron chi connectivity index (χ0n) is 14.1. The third-order valence-corrected chi connectivity index (χ3v) is 4.12. The second-order valence-electron chi connectivity index (χ2n) is 6.04. The van der Waals surface area contributed by atoms with Crippen molar-refractivity contribution in [3.8, 4) is 12.1 Å². The fraction of sp³-hybridized carbons (Fsp3) is 0.333. The van der Waals surface area contributed by atoms with Crippen LogP contribution in [0.1, 0.15) is 34.5 Å². The van der Waals surface area contributed by atoms with Gasteiger partial charge in [0.25, 0.3) is 5.91 Å². The fourth-order valence-corrected chi connectivity index (χ4v) is 2.79. The topological polar surface area (TPSA) is 79.1 Å². The first-order valence-electron chi connectivity index (χ1n) is 8.23. The number of ether oxygens (including phenoxy) is 1. The van der Waals surface area contributed by atoms with Crippen LogP contribution in [0.2, 0.25) is 0 Å². The van der Waals surface area contributed by atoms with E-state index in [1.54, 1.807) is 29.2 Å². The monoisotopic (exact) mass is 376 g/mol. The zero-order valence-corrected chi connectivity index (χ0v) is 14.1. The standard InChI is InChI=1S/C18H15F3N4O2/c19-18(20,21)15-7-8-23-17(24-15)27-14-2-1-9-25(11-14)16(26)13-5-3-12(10-22)4-6-13/h3-8,14H,1-2,9,11H2. The molecule has 0 N–H and O–H groups in total. The van der Waals surface area contributed by atoms with Crippen LogP contribution in [0.3, 0.4) is 0 Å². The van der Waals surface area contributed by atoms with Crippen molar-refractivity contribution < 1.29 is 22.7 Å². The van der Waals surface area contributed by atoms with E-state index in [0.29, 0.717) is 30.5 Å². The van der Waals surface area contributed by atoms with Gasteiger partial charge in [0, 0.05) is 18.3 Å². The van der Waals surface area contributed by atoms with Crippen molar-refractivity contribution in [1.29, 1.82) is 5.26 Å². The second-order valence-corrected chi connectivity index (χ2v) is 6.04. The summed E-state index contributed by atoms with van der Waals surface area (Å²) >= 11 is 0. The summed E-state index contributed by atoms with van der Waals surface area (Å²) < 4.78 is 43.7. The van der Waals surface area contributed by atoms with Crippen molar-refractivity contribution in [3.63, 3.8) is 0 Å². The van der Waals surface area contributed by atoms with Gasteiger partial charge in [0.2, 0.25) is 0 Å². The number of nitrogens with zero attached hydrogens (tertiary/aromatic N) is 4. The van der Waals surface area contributed by atoms with Crippen LogP contribution in [0.4, 0.5) is 13.2 Å². The molecule has 6 nitrogen and oxygen atoms in total. The van der Waals surface area contributed by atoms with Gasteiger partial charge in [0.15, 0.2) is 5.69 Å². The maximum Gasteiger partial charge on any atom is 0.433 e. The molecule has 1 aliphatic rings. The largest absolute Gasteiger partial charge is 0.458 e. The van der Waals surface area contributed by atoms with Gasteiger partial charge in [-0.25, -0.2) is 4.98 Å². The van der Waals surface area contributed by atoms with Gasteiger partial charge >= 0.3 is 12.2 Å². The van der Waals surface area contributed by atoms with Gasteiger partial charge in [-0.2, -0.15) is 23.4 Å². The Morgan fingerprint density at radius 2 is 2.00 bits per heavy atom. The molecule has 27 heavy (non-hydrogen) atoms. The van der Waals surface area contributed by atoms with E-state index in [1.807, 2.05) is 6.07 Å². The summed E-state index contributed by atoms with van der Waals surface area (Å²) in [5, 5.41) is 8.82. The summed E-state index contributed by atoms with van der Waals surface area (Å²) in [7, 11) is 0. The number of likely N-dealkylation sites (tertiary alicyclic amines) is 1. The van der Waals surface area contributed by atoms with Gasteiger partial charge in [-0.1, -0.05) is 0 Å². The summed E-state index contributed by atoms with van der Waals surface area (Å²) in [6, 6.07) is 8.65. The molecular formula is C18H15F3N4O2. The van der Waals surface area contributed by atoms with Gasteiger partial charge in [0.05, 0.1) is 18.2 Å². The van der Waals surface area contributed by atoms with E-state index in [4.69, 9.17) is 10.00 Å². The van der Waals surface area contributed by atoms with Crippen molar-refractivity contribution in [2.24, 2.45) is 0 Å². The molecule has 1 aromatic heterocycles. The second kappa shape index (κ2) is 7.61. The summed E-state index contributed by atoms with van der Waals surface area (Å²) in [5.74, 6) is -0.224. The summed E-state index contributed by atoms with van der Waals surface area (Å²) in [6.07, 6.45) is -2.86. The molecule has 0 bridgehead atoms. The molecule has 0 radical (unpaired) electrons. The Balaban J connectivity index is 1.67. The summed E-state index contributed by atoms with van der Waals surface area (Å²) in [5.41, 5.74) is -0.188. The number of hydrogen-bond donors (Lipinski definition) is 0. The first-order chi connectivity index (χ1) is 12.9. The minimum absolute atomic E-state index is 0.221. The summed E-state index contributed by atoms with van der Waals surface area (Å²) in [6.45, 7) is 0.737. The Morgan fingerprint density at radius 1 is 1.26 bits per heavy atom. The molecule has 0 aliphatic carbocycles. The van der Waals surface area contributed by atoms with Crippen LogP contribution < -0.4 is 4.74 Å². The minimum Gasteiger partial charge on any atom is -0.458 e. The number of amides is 1. The number of rotatable bonds is 3. The minimum atomic E-state index is -4.58. The number of carbonyl (C=O) groups excluding carboxylic acids is 1. The van der Waals surface area contributed by atoms with Crippen LogP contribution in [0, 0.1) is 11.3 Å². The van der Waals surface area contributed by atoms with Gasteiger partial charge in [0.1, 0.15) is 6.10 Å². The van der Waals surface area contributed by atoms with Gasteiger partial charge in [-0.3, -0.25) is 4.79 Å². The molecule has 0 spiro atoms. The lowest BCUT2D eigenvalue weighted by Gasteiger charge is -2.32. The zero-order chi connectivity index (χ0) is 19.4. The number of halogens is 3. The van der Waals surface area contributed by atoms with E-state index in [2.05, 4.69) is 9.97 Å². The molecule has 2 heterocycles. The van der Waals surface area contributed by atoms with Crippen molar-refractivity contribution in [3.05, 3.63) is 53.3 Å². The summed E-state index contributed by atoms with van der Waals surface area (Å²) in [4.78, 5) is 21.3. The molecule has 0 saturated carbocycles. The van der Waals surface area contributed by atoms with E-state index in [1.165, 1.54) is 0 Å². The highest BCUT2D eigenvalue weighted by Crippen LogP contribution is 2.28. The van der Waals surface area contributed by atoms with E-state index >= 15 is 0 Å². The van der Waals surface area contributed by atoms with E-state index in [9.17, 15) is 18.0 Å². The van der Waals surface area contributed by atoms with Crippen LogP contribution in [0.15, 0.2) is 36.5 Å². The molecule has 1 saturated heterocycles. The third-order valence-electron chi connectivity index (χ3n) is 4.12. The van der Waals surface area contributed by atoms with Crippen molar-refractivity contribution in [2.75, 3.05) is 13.1 Å². The maximum atomic E-state index is 12.7. The molecule has 1 amide bonds. The number of carbonyl (C=O) groups is 1. The molecule has 1 aromatic carbocycles. The molecule has 140 valence electrons. The number of hydrogen-bond acceptors (Lipinski definition) is 5. The highest BCUT2D eigenvalue weighted by molar-refractivity contribution is 5.94. The molecular weight excluding hydrogens is 361 g/mol. The fourth-order valence-electron chi connectivity index (χ4n) is 2.79. The molecule has 1 aliphatic heterocycles. The van der Waals surface area contributed by atoms with Crippen molar-refractivity contribution in [1.82, 2.24) is 14.9 Å². The average Bonchev–Trinajstić information content (AvgIpc) is 2.67. The third kappa shape index (κ3) is 4.53. The number of alkyl halides is 3. The number of aromatic nitrogens is 2. The Labute approximate surface area is 153 Å². The van der Waals surface area contributed by atoms with Crippen molar-refractivity contribution in [2.45, 2.75) is 25.1 Å². The normalized spacial score (nSPS) is 17.3. The molecule has 2 aromatic rings. The van der Waals surface area contributed by atoms with Crippen molar-refractivity contribution >= 4 is 5.91 Å². The Kier molecular flexibility index (Phi) is 5.26. The van der Waals surface area contributed by atoms with Crippen LogP contribution in [0.5, 0.6) is 6.01 Å². The van der Waals surface area contributed by atoms with Gasteiger partial charge in [-0.15, -0.1) is 0 Å². The maximum absolute atomic E-state index is 12.7. The smallest absolute Gasteiger partial charge is 0.433 e. The molecule has 9 heteroatoms. The Hall–Kier alpha value is -3.15. The first kappa shape index (κ1) is 18.6. The van der Waals surface area contributed by atoms with Crippen LogP contribution in [-0.4, -0.2) is 40.0 Å². The molecule has 1 atom stereocenters. The number of benzene rings is 1. The SMILES string of the molecule is N#Cc1ccc(C(=O)N2CCCC(Oc3nccc(C(F)(F)F)n3)C2)cc1. The molecule has 1 fully saturated rings. The van der Waals surface area contributed by atoms with Crippen LogP contribution in [0.25, 0.3) is 0 Å². The molecule has 1 unspecified atom stereocenters. The highest BCUT2D eigenvalue weighted by Gasteiger charge is 2.33. The Morgan fingerprint density at radius 3 is 2.67 bits per heavy atom. The Bertz CT molecular complexity index is 862. The van der Waals surface area contributed by atoms with Crippen LogP contribution >= 0.6 is 0 Å². The predicted octanol–water partition coefficient (Wildman–Crippen LogP) is 3.05. The first-order valence-corrected chi connectivity index (χ1v) is 8.23.